The molecule has 19 heteroatoms. The number of ether oxygens (including phenoxy) is 1. The molecule has 4 unspecified atom stereocenters. The zero-order chi connectivity index (χ0) is 20.9. The van der Waals surface area contributed by atoms with Crippen LogP contribution in [0.2, 0.25) is 0 Å². The van der Waals surface area contributed by atoms with Gasteiger partial charge in [0, 0.05) is 6.20 Å². The van der Waals surface area contributed by atoms with Crippen LogP contribution < -0.4 is 11.2 Å². The molecule has 6 N–H and O–H groups in total. The minimum Gasteiger partial charge on any atom is -0.387 e. The first kappa shape index (κ1) is 22.1. The standard InChI is InChI=1S/C9H13N2O13P3S/c12-5-4(2-20-27(28)23-25(16,17)22-26(18,19)24-27)21-7(6(5)13)3-1-10-9(15)11-8(3)14/h1,4-7,12-13H,2H2,(H,16,17)(H,18,19)(H2,10,11,14,15)/t4-,5?,6?,7+/m1/s1. The molecule has 15 nitrogen and oxygen atoms in total. The molecule has 0 spiro atoms. The lowest BCUT2D eigenvalue weighted by atomic mass is 10.0. The third kappa shape index (κ3) is 4.77. The van der Waals surface area contributed by atoms with E-state index in [0.717, 1.165) is 6.20 Å². The fraction of sp³-hybridized carbons (Fsp3) is 0.556. The van der Waals surface area contributed by atoms with Gasteiger partial charge in [0.05, 0.1) is 12.2 Å². The molecule has 2 fully saturated rings. The van der Waals surface area contributed by atoms with E-state index in [1.165, 1.54) is 0 Å². The van der Waals surface area contributed by atoms with Crippen LogP contribution in [0.3, 0.4) is 0 Å². The third-order valence-electron chi connectivity index (χ3n) is 3.53. The molecule has 158 valence electrons. The van der Waals surface area contributed by atoms with Crippen molar-refractivity contribution in [2.75, 3.05) is 6.61 Å². The second-order valence-corrected chi connectivity index (χ2v) is 11.9. The summed E-state index contributed by atoms with van der Waals surface area (Å²) in [4.78, 5) is 45.5. The summed E-state index contributed by atoms with van der Waals surface area (Å²) in [6.45, 7) is -4.98. The summed E-state index contributed by atoms with van der Waals surface area (Å²) in [6, 6.07) is 0. The summed E-state index contributed by atoms with van der Waals surface area (Å²) in [5, 5.41) is 20.2. The molecular formula is C9H13N2O13P3S. The Hall–Kier alpha value is -0.570. The molecular weight excluding hydrogens is 469 g/mol. The highest BCUT2D eigenvalue weighted by Gasteiger charge is 2.52. The van der Waals surface area contributed by atoms with E-state index in [0.29, 0.717) is 0 Å². The highest BCUT2D eigenvalue weighted by atomic mass is 32.5. The molecule has 28 heavy (non-hydrogen) atoms. The Balaban J connectivity index is 1.74. The Morgan fingerprint density at radius 2 is 1.71 bits per heavy atom. The fourth-order valence-electron chi connectivity index (χ4n) is 2.41. The van der Waals surface area contributed by atoms with Gasteiger partial charge in [0.2, 0.25) is 0 Å². The zero-order valence-corrected chi connectivity index (χ0v) is 16.8. The van der Waals surface area contributed by atoms with Gasteiger partial charge in [-0.2, -0.15) is 4.31 Å². The molecule has 3 heterocycles. The van der Waals surface area contributed by atoms with E-state index in [-0.39, 0.29) is 5.56 Å². The number of aromatic nitrogens is 2. The summed E-state index contributed by atoms with van der Waals surface area (Å²) in [7, 11) is -10.1. The predicted molar refractivity (Wildman–Crippen MR) is 90.5 cm³/mol. The molecule has 2 aliphatic rings. The lowest BCUT2D eigenvalue weighted by molar-refractivity contribution is -0.0202. The molecule has 1 aromatic heterocycles. The molecule has 0 amide bonds. The van der Waals surface area contributed by atoms with E-state index in [4.69, 9.17) is 21.1 Å². The summed E-state index contributed by atoms with van der Waals surface area (Å²) >= 11 is 4.72. The summed E-state index contributed by atoms with van der Waals surface area (Å²) in [6.07, 6.45) is -4.97. The highest BCUT2D eigenvalue weighted by molar-refractivity contribution is 8.11. The number of aliphatic hydroxyl groups excluding tert-OH is 2. The van der Waals surface area contributed by atoms with Gasteiger partial charge in [-0.25, -0.2) is 22.5 Å². The van der Waals surface area contributed by atoms with E-state index < -0.39 is 64.6 Å². The zero-order valence-electron chi connectivity index (χ0n) is 13.3. The maximum absolute atomic E-state index is 11.8. The van der Waals surface area contributed by atoms with Crippen molar-refractivity contribution in [3.8, 4) is 0 Å². The van der Waals surface area contributed by atoms with Crippen molar-refractivity contribution in [3.05, 3.63) is 32.6 Å². The molecule has 1 aromatic rings. The van der Waals surface area contributed by atoms with E-state index in [2.05, 4.69) is 17.9 Å². The molecule has 2 aliphatic heterocycles. The molecule has 2 saturated heterocycles. The van der Waals surface area contributed by atoms with Crippen molar-refractivity contribution in [3.63, 3.8) is 0 Å². The summed E-state index contributed by atoms with van der Waals surface area (Å²) in [5.41, 5.74) is -1.86. The van der Waals surface area contributed by atoms with Crippen LogP contribution in [0.1, 0.15) is 11.7 Å². The first-order valence-electron chi connectivity index (χ1n) is 7.18. The Morgan fingerprint density at radius 3 is 2.29 bits per heavy atom. The topological polar surface area (TPSA) is 227 Å². The van der Waals surface area contributed by atoms with Crippen molar-refractivity contribution in [2.24, 2.45) is 0 Å². The van der Waals surface area contributed by atoms with Gasteiger partial charge < -0.3 is 34.2 Å². The van der Waals surface area contributed by atoms with Crippen molar-refractivity contribution < 1.29 is 51.3 Å². The molecule has 0 saturated carbocycles. The van der Waals surface area contributed by atoms with Crippen LogP contribution in [0.4, 0.5) is 0 Å². The summed E-state index contributed by atoms with van der Waals surface area (Å²) < 4.78 is 45.9. The van der Waals surface area contributed by atoms with Gasteiger partial charge in [0.15, 0.2) is 0 Å². The van der Waals surface area contributed by atoms with Crippen molar-refractivity contribution in [1.82, 2.24) is 9.97 Å². The minimum atomic E-state index is -5.04. The molecule has 0 aromatic carbocycles. The Labute approximate surface area is 159 Å². The summed E-state index contributed by atoms with van der Waals surface area (Å²) in [5.74, 6) is 0. The van der Waals surface area contributed by atoms with Crippen LogP contribution in [-0.2, 0) is 43.1 Å². The average Bonchev–Trinajstić information content (AvgIpc) is 2.78. The van der Waals surface area contributed by atoms with Crippen molar-refractivity contribution in [2.45, 2.75) is 24.4 Å². The number of aromatic amines is 2. The molecule has 6 atom stereocenters. The minimum absolute atomic E-state index is 0.199. The van der Waals surface area contributed by atoms with E-state index in [1.807, 2.05) is 4.98 Å². The fourth-order valence-corrected chi connectivity index (χ4v) is 9.05. The van der Waals surface area contributed by atoms with Gasteiger partial charge in [0.1, 0.15) is 24.4 Å². The smallest absolute Gasteiger partial charge is 0.387 e. The van der Waals surface area contributed by atoms with Gasteiger partial charge in [-0.05, 0) is 11.8 Å². The van der Waals surface area contributed by atoms with Crippen LogP contribution in [0.25, 0.3) is 0 Å². The number of aliphatic hydroxyl groups is 2. The number of hydrogen-bond donors (Lipinski definition) is 6. The van der Waals surface area contributed by atoms with Gasteiger partial charge in [0.25, 0.3) is 5.56 Å². The van der Waals surface area contributed by atoms with E-state index >= 15 is 0 Å². The largest absolute Gasteiger partial charge is 0.488 e. The molecule has 0 radical (unpaired) electrons. The van der Waals surface area contributed by atoms with Crippen molar-refractivity contribution >= 4 is 34.2 Å². The quantitative estimate of drug-likeness (QED) is 0.275. The SMILES string of the molecule is O=c1[nH]cc([C@@H]2O[C@H](COP3(=S)OP(=O)(O)OP(=O)(O)O3)C(O)C2O)c(=O)[nH]1. The molecule has 3 rings (SSSR count). The maximum Gasteiger partial charge on any atom is 0.488 e. The van der Waals surface area contributed by atoms with Gasteiger partial charge in [-0.3, -0.25) is 9.78 Å². The molecule has 0 bridgehead atoms. The Morgan fingerprint density at radius 1 is 1.11 bits per heavy atom. The first-order chi connectivity index (χ1) is 12.8. The van der Waals surface area contributed by atoms with E-state index in [1.54, 1.807) is 0 Å². The number of H-pyrrole nitrogens is 2. The lowest BCUT2D eigenvalue weighted by Crippen LogP contribution is -2.34. The van der Waals surface area contributed by atoms with Crippen molar-refractivity contribution in [1.29, 1.82) is 0 Å². The van der Waals surface area contributed by atoms with Gasteiger partial charge in [-0.15, -0.1) is 0 Å². The number of phosphoric acid groups is 2. The Kier molecular flexibility index (Phi) is 6.00. The monoisotopic (exact) mass is 482 g/mol. The average molecular weight is 482 g/mol. The highest BCUT2D eigenvalue weighted by Crippen LogP contribution is 2.80. The first-order valence-corrected chi connectivity index (χ1v) is 12.7. The number of nitrogens with one attached hydrogen (secondary N) is 2. The third-order valence-corrected chi connectivity index (χ3v) is 10.4. The van der Waals surface area contributed by atoms with Gasteiger partial charge >= 0.3 is 28.1 Å². The number of hydrogen-bond acceptors (Lipinski definition) is 12. The maximum atomic E-state index is 11.8. The molecule has 0 aliphatic carbocycles. The normalized spacial score (nSPS) is 43.9. The van der Waals surface area contributed by atoms with E-state index in [9.17, 15) is 38.7 Å². The number of rotatable bonds is 4. The lowest BCUT2D eigenvalue weighted by Gasteiger charge is -2.30. The second-order valence-electron chi connectivity index (χ2n) is 5.53. The predicted octanol–water partition coefficient (Wildman–Crippen LogP) is -1.27. The van der Waals surface area contributed by atoms with Crippen LogP contribution in [0, 0.1) is 0 Å². The Bertz CT molecular complexity index is 995. The van der Waals surface area contributed by atoms with Crippen LogP contribution >= 0.6 is 22.4 Å². The second kappa shape index (κ2) is 7.60. The van der Waals surface area contributed by atoms with Crippen LogP contribution in [0.15, 0.2) is 15.8 Å². The van der Waals surface area contributed by atoms with Crippen LogP contribution in [0.5, 0.6) is 0 Å². The van der Waals surface area contributed by atoms with Crippen LogP contribution in [-0.4, -0.2) is 54.9 Å². The van der Waals surface area contributed by atoms with Gasteiger partial charge in [-0.1, -0.05) is 0 Å².